The van der Waals surface area contributed by atoms with Gasteiger partial charge in [-0.3, -0.25) is 0 Å². The van der Waals surface area contributed by atoms with Gasteiger partial charge in [-0.15, -0.1) is 0 Å². The Morgan fingerprint density at radius 2 is 1.19 bits per heavy atom. The summed E-state index contributed by atoms with van der Waals surface area (Å²) < 4.78 is 0. The lowest BCUT2D eigenvalue weighted by Crippen LogP contribution is -2.17. The molecule has 3 atom stereocenters. The van der Waals surface area contributed by atoms with Gasteiger partial charge in [-0.25, -0.2) is 0 Å². The molecule has 0 amide bonds. The molecule has 2 bridgehead atoms. The van der Waals surface area contributed by atoms with Crippen LogP contribution in [-0.2, 0) is 5.41 Å². The monoisotopic (exact) mass is 739 g/mol. The van der Waals surface area contributed by atoms with Crippen molar-refractivity contribution in [3.8, 4) is 33.4 Å². The molecule has 0 aliphatic heterocycles. The third-order valence-corrected chi connectivity index (χ3v) is 14.7. The van der Waals surface area contributed by atoms with E-state index in [1.807, 2.05) is 0 Å². The van der Waals surface area contributed by atoms with Gasteiger partial charge < -0.3 is 4.90 Å². The number of nitrogens with zero attached hydrogens (tertiary/aromatic N) is 1. The van der Waals surface area contributed by atoms with Crippen LogP contribution < -0.4 is 4.90 Å². The first kappa shape index (κ1) is 34.8. The largest absolute Gasteiger partial charge is 0.310 e. The highest BCUT2D eigenvalue weighted by Gasteiger charge is 2.41. The van der Waals surface area contributed by atoms with Crippen LogP contribution in [0.2, 0.25) is 0 Å². The average molecular weight is 740 g/mol. The molecule has 0 aromatic heterocycles. The van der Waals surface area contributed by atoms with Crippen LogP contribution >= 0.6 is 0 Å². The first-order valence-electron chi connectivity index (χ1n) is 21.9. The molecule has 3 saturated carbocycles. The molecule has 282 valence electrons. The molecule has 3 unspecified atom stereocenters. The maximum absolute atomic E-state index is 2.55. The molecule has 0 heterocycles. The third-order valence-electron chi connectivity index (χ3n) is 14.7. The summed E-state index contributed by atoms with van der Waals surface area (Å²) in [6, 6.07) is 58.3. The van der Waals surface area contributed by atoms with E-state index in [-0.39, 0.29) is 5.41 Å². The van der Waals surface area contributed by atoms with Crippen LogP contribution in [0.5, 0.6) is 0 Å². The van der Waals surface area contributed by atoms with Gasteiger partial charge in [0.05, 0.1) is 0 Å². The van der Waals surface area contributed by atoms with Crippen LogP contribution in [0.15, 0.2) is 152 Å². The van der Waals surface area contributed by atoms with E-state index in [0.717, 1.165) is 17.8 Å². The van der Waals surface area contributed by atoms with Crippen molar-refractivity contribution >= 4 is 27.8 Å². The van der Waals surface area contributed by atoms with E-state index in [0.29, 0.717) is 5.92 Å². The summed E-state index contributed by atoms with van der Waals surface area (Å²) in [5.41, 5.74) is 17.1. The quantitative estimate of drug-likeness (QED) is 0.157. The Balaban J connectivity index is 1.09. The van der Waals surface area contributed by atoms with Crippen molar-refractivity contribution in [1.82, 2.24) is 0 Å². The molecule has 1 heteroatoms. The highest BCUT2D eigenvalue weighted by molar-refractivity contribution is 5.97. The molecular weight excluding hydrogens is 687 g/mol. The zero-order valence-corrected chi connectivity index (χ0v) is 33.6. The summed E-state index contributed by atoms with van der Waals surface area (Å²) in [6.07, 6.45) is 12.4. The lowest BCUT2D eigenvalue weighted by molar-refractivity contribution is 0.420. The minimum Gasteiger partial charge on any atom is -0.310 e. The summed E-state index contributed by atoms with van der Waals surface area (Å²) in [5, 5.41) is 2.65. The van der Waals surface area contributed by atoms with Crippen molar-refractivity contribution in [3.05, 3.63) is 174 Å². The molecule has 0 N–H and O–H groups in total. The van der Waals surface area contributed by atoms with Crippen molar-refractivity contribution < 1.29 is 0 Å². The molecule has 0 spiro atoms. The number of anilines is 3. The predicted molar refractivity (Wildman–Crippen MR) is 241 cm³/mol. The smallest absolute Gasteiger partial charge is 0.0471 e. The molecule has 1 nitrogen and oxygen atoms in total. The summed E-state index contributed by atoms with van der Waals surface area (Å²) in [4.78, 5) is 2.55. The molecule has 0 radical (unpaired) electrons. The van der Waals surface area contributed by atoms with Gasteiger partial charge in [-0.2, -0.15) is 0 Å². The van der Waals surface area contributed by atoms with E-state index in [1.165, 1.54) is 141 Å². The summed E-state index contributed by atoms with van der Waals surface area (Å²) in [5.74, 6) is 3.20. The van der Waals surface area contributed by atoms with Gasteiger partial charge in [-0.1, -0.05) is 149 Å². The SMILES string of the molecule is CC1(C)c2cc(-c3ccccc3)ccc2-c2c(-c3ccccc3)cc(N(c3ccc(C4CC5CCC4C5)cc3)c3ccc4ccc(C5CCCCC5)cc4c3)cc21. The van der Waals surface area contributed by atoms with Crippen molar-refractivity contribution in [2.45, 2.75) is 88.9 Å². The van der Waals surface area contributed by atoms with Crippen molar-refractivity contribution in [2.75, 3.05) is 4.90 Å². The molecule has 4 aliphatic carbocycles. The first-order chi connectivity index (χ1) is 28.0. The van der Waals surface area contributed by atoms with Gasteiger partial charge in [0.25, 0.3) is 0 Å². The second-order valence-electron chi connectivity index (χ2n) is 18.4. The zero-order valence-electron chi connectivity index (χ0n) is 33.6. The highest BCUT2D eigenvalue weighted by atomic mass is 15.1. The fraction of sp³-hybridized carbons (Fsp3) is 0.286. The maximum atomic E-state index is 2.55. The van der Waals surface area contributed by atoms with E-state index < -0.39 is 0 Å². The van der Waals surface area contributed by atoms with Gasteiger partial charge in [0, 0.05) is 22.5 Å². The standard InChI is InChI=1S/C56H53N/c1-56(2)53-34-44(39-14-8-4-9-15-39)25-29-50(53)55-52(41-16-10-5-11-17-41)35-49(36-54(55)56)57(47-26-23-42(24-27-47)51-31-37-18-19-45(51)30-37)48-28-22-40-20-21-43(32-46(40)33-48)38-12-6-3-7-13-38/h4-5,8-11,14-17,20-29,32-38,45,51H,3,6-7,12-13,18-19,30-31H2,1-2H3. The minimum atomic E-state index is -0.190. The molecular formula is C56H53N. The molecule has 3 fully saturated rings. The van der Waals surface area contributed by atoms with E-state index in [9.17, 15) is 0 Å². The molecule has 4 aliphatic rings. The van der Waals surface area contributed by atoms with Crippen LogP contribution in [0, 0.1) is 11.8 Å². The minimum absolute atomic E-state index is 0.190. The Labute approximate surface area is 339 Å². The van der Waals surface area contributed by atoms with Crippen LogP contribution in [0.4, 0.5) is 17.1 Å². The van der Waals surface area contributed by atoms with Gasteiger partial charge in [0.2, 0.25) is 0 Å². The Hall–Kier alpha value is -5.40. The predicted octanol–water partition coefficient (Wildman–Crippen LogP) is 15.9. The van der Waals surface area contributed by atoms with Gasteiger partial charge in [-0.05, 0) is 165 Å². The van der Waals surface area contributed by atoms with Crippen LogP contribution in [0.1, 0.15) is 106 Å². The number of fused-ring (bicyclic) bond motifs is 6. The highest BCUT2D eigenvalue weighted by Crippen LogP contribution is 2.56. The average Bonchev–Trinajstić information content (AvgIpc) is 3.97. The van der Waals surface area contributed by atoms with Crippen molar-refractivity contribution in [2.24, 2.45) is 11.8 Å². The van der Waals surface area contributed by atoms with Crippen molar-refractivity contribution in [1.29, 1.82) is 0 Å². The molecule has 11 rings (SSSR count). The molecule has 57 heavy (non-hydrogen) atoms. The fourth-order valence-corrected chi connectivity index (χ4v) is 11.7. The second kappa shape index (κ2) is 13.9. The van der Waals surface area contributed by atoms with Gasteiger partial charge >= 0.3 is 0 Å². The van der Waals surface area contributed by atoms with Gasteiger partial charge in [0.1, 0.15) is 0 Å². The van der Waals surface area contributed by atoms with Crippen LogP contribution in [0.3, 0.4) is 0 Å². The maximum Gasteiger partial charge on any atom is 0.0471 e. The molecule has 7 aromatic rings. The van der Waals surface area contributed by atoms with Crippen LogP contribution in [0.25, 0.3) is 44.2 Å². The third kappa shape index (κ3) is 6.05. The number of hydrogen-bond donors (Lipinski definition) is 0. The fourth-order valence-electron chi connectivity index (χ4n) is 11.7. The molecule has 0 saturated heterocycles. The Morgan fingerprint density at radius 3 is 1.93 bits per heavy atom. The van der Waals surface area contributed by atoms with E-state index in [2.05, 4.69) is 170 Å². The topological polar surface area (TPSA) is 3.24 Å². The van der Waals surface area contributed by atoms with Gasteiger partial charge in [0.15, 0.2) is 0 Å². The second-order valence-corrected chi connectivity index (χ2v) is 18.4. The first-order valence-corrected chi connectivity index (χ1v) is 21.9. The zero-order chi connectivity index (χ0) is 38.1. The Kier molecular flexibility index (Phi) is 8.50. The van der Waals surface area contributed by atoms with E-state index >= 15 is 0 Å². The van der Waals surface area contributed by atoms with Crippen LogP contribution in [-0.4, -0.2) is 0 Å². The van der Waals surface area contributed by atoms with E-state index in [1.54, 1.807) is 0 Å². The van der Waals surface area contributed by atoms with Crippen molar-refractivity contribution in [3.63, 3.8) is 0 Å². The number of rotatable bonds is 7. The number of hydrogen-bond acceptors (Lipinski definition) is 1. The normalized spacial score (nSPS) is 20.8. The Bertz CT molecular complexity index is 2590. The van der Waals surface area contributed by atoms with E-state index in [4.69, 9.17) is 0 Å². The summed E-state index contributed by atoms with van der Waals surface area (Å²) in [7, 11) is 0. The lowest BCUT2D eigenvalue weighted by atomic mass is 9.80. The molecule has 7 aromatic carbocycles. The summed E-state index contributed by atoms with van der Waals surface area (Å²) in [6.45, 7) is 4.87. The lowest BCUT2D eigenvalue weighted by Gasteiger charge is -2.30. The number of benzene rings is 7. The summed E-state index contributed by atoms with van der Waals surface area (Å²) >= 11 is 0. The Morgan fingerprint density at radius 1 is 0.474 bits per heavy atom.